The fraction of sp³-hybridized carbons (Fsp3) is 0.0526. The van der Waals surface area contributed by atoms with Crippen molar-refractivity contribution in [2.45, 2.75) is 0 Å². The second-order valence-corrected chi connectivity index (χ2v) is 6.74. The van der Waals surface area contributed by atoms with Crippen molar-refractivity contribution in [2.24, 2.45) is 10.1 Å². The maximum atomic E-state index is 9.98. The SMILES string of the molecule is C=CCN=c1scc(-c2cccc(Cl)c2)n1N=Cc1ccc(O)c(O)c1O. The smallest absolute Gasteiger partial charge is 0.206 e. The van der Waals surface area contributed by atoms with Gasteiger partial charge in [0.2, 0.25) is 10.6 Å². The lowest BCUT2D eigenvalue weighted by Crippen LogP contribution is -2.12. The molecule has 0 aliphatic rings. The molecular formula is C19H16ClN3O3S. The fourth-order valence-electron chi connectivity index (χ4n) is 2.32. The molecule has 0 radical (unpaired) electrons. The molecule has 0 unspecified atom stereocenters. The van der Waals surface area contributed by atoms with Crippen LogP contribution in [0.5, 0.6) is 17.2 Å². The number of aromatic hydroxyl groups is 3. The van der Waals surface area contributed by atoms with Crippen molar-refractivity contribution < 1.29 is 15.3 Å². The Kier molecular flexibility index (Phi) is 5.63. The van der Waals surface area contributed by atoms with E-state index in [9.17, 15) is 15.3 Å². The van der Waals surface area contributed by atoms with Crippen LogP contribution in [-0.4, -0.2) is 32.8 Å². The van der Waals surface area contributed by atoms with Crippen LogP contribution in [0.15, 0.2) is 64.5 Å². The number of halogens is 1. The maximum Gasteiger partial charge on any atom is 0.206 e. The number of phenolic OH excluding ortho intramolecular Hbond substituents is 3. The van der Waals surface area contributed by atoms with E-state index >= 15 is 0 Å². The minimum Gasteiger partial charge on any atom is -0.504 e. The van der Waals surface area contributed by atoms with Gasteiger partial charge in [0.15, 0.2) is 11.5 Å². The largest absolute Gasteiger partial charge is 0.504 e. The van der Waals surface area contributed by atoms with Crippen molar-refractivity contribution >= 4 is 29.2 Å². The first-order valence-electron chi connectivity index (χ1n) is 7.87. The van der Waals surface area contributed by atoms with Gasteiger partial charge in [-0.3, -0.25) is 4.99 Å². The minimum atomic E-state index is -0.596. The average molecular weight is 402 g/mol. The summed E-state index contributed by atoms with van der Waals surface area (Å²) in [4.78, 5) is 5.05. The van der Waals surface area contributed by atoms with E-state index in [0.717, 1.165) is 11.3 Å². The summed E-state index contributed by atoms with van der Waals surface area (Å²) in [7, 11) is 0. The quantitative estimate of drug-likeness (QED) is 0.343. The molecule has 3 N–H and O–H groups in total. The van der Waals surface area contributed by atoms with E-state index in [1.807, 2.05) is 23.6 Å². The molecule has 0 fully saturated rings. The van der Waals surface area contributed by atoms with Crippen molar-refractivity contribution in [1.82, 2.24) is 4.68 Å². The summed E-state index contributed by atoms with van der Waals surface area (Å²) in [6, 6.07) is 10.1. The van der Waals surface area contributed by atoms with Gasteiger partial charge in [0.25, 0.3) is 0 Å². The van der Waals surface area contributed by atoms with Crippen molar-refractivity contribution in [3.05, 3.63) is 69.8 Å². The van der Waals surface area contributed by atoms with Gasteiger partial charge in [-0.05, 0) is 24.3 Å². The molecule has 0 atom stereocenters. The number of hydrogen-bond acceptors (Lipinski definition) is 6. The summed E-state index contributed by atoms with van der Waals surface area (Å²) in [5.41, 5.74) is 1.87. The number of aromatic nitrogens is 1. The Morgan fingerprint density at radius 1 is 1.15 bits per heavy atom. The van der Waals surface area contributed by atoms with Crippen LogP contribution in [0.25, 0.3) is 11.3 Å². The summed E-state index contributed by atoms with van der Waals surface area (Å²) in [5.74, 6) is -1.46. The third kappa shape index (κ3) is 4.05. The first-order chi connectivity index (χ1) is 13.0. The van der Waals surface area contributed by atoms with Crippen molar-refractivity contribution in [3.8, 4) is 28.5 Å². The van der Waals surface area contributed by atoms with Crippen LogP contribution in [-0.2, 0) is 0 Å². The monoisotopic (exact) mass is 401 g/mol. The van der Waals surface area contributed by atoms with Crippen LogP contribution in [0.3, 0.4) is 0 Å². The van der Waals surface area contributed by atoms with E-state index in [1.54, 1.807) is 16.8 Å². The fourth-order valence-corrected chi connectivity index (χ4v) is 3.35. The normalized spacial score (nSPS) is 12.0. The lowest BCUT2D eigenvalue weighted by atomic mass is 10.2. The van der Waals surface area contributed by atoms with Gasteiger partial charge in [-0.1, -0.05) is 29.8 Å². The molecule has 1 aromatic heterocycles. The van der Waals surface area contributed by atoms with Crippen LogP contribution in [0.1, 0.15) is 5.56 Å². The Bertz CT molecular complexity index is 1090. The second-order valence-electron chi connectivity index (χ2n) is 5.47. The van der Waals surface area contributed by atoms with Gasteiger partial charge in [-0.2, -0.15) is 5.10 Å². The van der Waals surface area contributed by atoms with Gasteiger partial charge in [0, 0.05) is 21.5 Å². The third-order valence-corrected chi connectivity index (χ3v) is 4.72. The first kappa shape index (κ1) is 18.8. The van der Waals surface area contributed by atoms with Crippen molar-refractivity contribution in [3.63, 3.8) is 0 Å². The predicted molar refractivity (Wildman–Crippen MR) is 108 cm³/mol. The lowest BCUT2D eigenvalue weighted by molar-refractivity contribution is 0.367. The molecule has 138 valence electrons. The summed E-state index contributed by atoms with van der Waals surface area (Å²) in [6.07, 6.45) is 3.05. The highest BCUT2D eigenvalue weighted by molar-refractivity contribution is 7.07. The zero-order valence-electron chi connectivity index (χ0n) is 14.1. The molecule has 0 spiro atoms. The summed E-state index contributed by atoms with van der Waals surface area (Å²) >= 11 is 7.50. The van der Waals surface area contributed by atoms with E-state index < -0.39 is 17.2 Å². The average Bonchev–Trinajstić information content (AvgIpc) is 3.06. The summed E-state index contributed by atoms with van der Waals surface area (Å²) in [6.45, 7) is 4.09. The number of rotatable bonds is 5. The van der Waals surface area contributed by atoms with Crippen LogP contribution < -0.4 is 4.80 Å². The van der Waals surface area contributed by atoms with Gasteiger partial charge < -0.3 is 15.3 Å². The van der Waals surface area contributed by atoms with Crippen LogP contribution in [0, 0.1) is 0 Å². The van der Waals surface area contributed by atoms with E-state index in [2.05, 4.69) is 16.7 Å². The molecule has 0 bridgehead atoms. The van der Waals surface area contributed by atoms with E-state index in [1.165, 1.54) is 29.7 Å². The molecular weight excluding hydrogens is 386 g/mol. The molecule has 27 heavy (non-hydrogen) atoms. The highest BCUT2D eigenvalue weighted by Gasteiger charge is 2.11. The molecule has 0 saturated carbocycles. The minimum absolute atomic E-state index is 0.246. The van der Waals surface area contributed by atoms with Crippen molar-refractivity contribution in [1.29, 1.82) is 0 Å². The van der Waals surface area contributed by atoms with E-state index in [-0.39, 0.29) is 5.56 Å². The van der Waals surface area contributed by atoms with Crippen LogP contribution in [0.4, 0.5) is 0 Å². The number of thiazole rings is 1. The van der Waals surface area contributed by atoms with E-state index in [0.29, 0.717) is 16.4 Å². The van der Waals surface area contributed by atoms with Gasteiger partial charge in [-0.25, -0.2) is 4.68 Å². The second kappa shape index (κ2) is 8.11. The number of benzene rings is 2. The number of phenols is 3. The molecule has 0 aliphatic heterocycles. The third-order valence-electron chi connectivity index (χ3n) is 3.63. The molecule has 0 saturated heterocycles. The molecule has 0 aliphatic carbocycles. The van der Waals surface area contributed by atoms with Crippen LogP contribution in [0.2, 0.25) is 5.02 Å². The van der Waals surface area contributed by atoms with Crippen LogP contribution >= 0.6 is 22.9 Å². The zero-order chi connectivity index (χ0) is 19.4. The number of nitrogens with zero attached hydrogens (tertiary/aromatic N) is 3. The highest BCUT2D eigenvalue weighted by atomic mass is 35.5. The number of hydrogen-bond donors (Lipinski definition) is 3. The Morgan fingerprint density at radius 2 is 1.96 bits per heavy atom. The topological polar surface area (TPSA) is 90.3 Å². The van der Waals surface area contributed by atoms with Gasteiger partial charge in [0.05, 0.1) is 18.5 Å². The molecule has 2 aromatic carbocycles. The molecule has 0 amide bonds. The summed E-state index contributed by atoms with van der Waals surface area (Å²) in [5, 5.41) is 36.0. The molecule has 6 nitrogen and oxygen atoms in total. The highest BCUT2D eigenvalue weighted by Crippen LogP contribution is 2.36. The standard InChI is InChI=1S/C19H16ClN3O3S/c1-2-8-21-19-23(15(11-27-19)12-4-3-5-14(20)9-12)22-10-13-6-7-16(24)18(26)17(13)25/h2-7,9-11,24-26H,1,8H2. The Labute approximate surface area is 164 Å². The Hall–Kier alpha value is -3.03. The molecule has 3 rings (SSSR count). The van der Waals surface area contributed by atoms with Gasteiger partial charge in [-0.15, -0.1) is 17.9 Å². The van der Waals surface area contributed by atoms with E-state index in [4.69, 9.17) is 11.6 Å². The predicted octanol–water partition coefficient (Wildman–Crippen LogP) is 3.96. The molecule has 8 heteroatoms. The zero-order valence-corrected chi connectivity index (χ0v) is 15.7. The molecule has 3 aromatic rings. The maximum absolute atomic E-state index is 9.98. The first-order valence-corrected chi connectivity index (χ1v) is 9.13. The van der Waals surface area contributed by atoms with Crippen molar-refractivity contribution in [2.75, 3.05) is 6.54 Å². The van der Waals surface area contributed by atoms with Gasteiger partial charge >= 0.3 is 0 Å². The van der Waals surface area contributed by atoms with Gasteiger partial charge in [0.1, 0.15) is 0 Å². The lowest BCUT2D eigenvalue weighted by Gasteiger charge is -2.06. The Balaban J connectivity index is 2.11. The molecule has 1 heterocycles. The summed E-state index contributed by atoms with van der Waals surface area (Å²) < 4.78 is 1.61. The Morgan fingerprint density at radius 3 is 2.70 bits per heavy atom.